The highest BCUT2D eigenvalue weighted by Crippen LogP contribution is 2.27. The molecule has 0 amide bonds. The molecule has 1 heterocycles. The number of nitrogens with two attached hydrogens (primary N) is 1. The van der Waals surface area contributed by atoms with E-state index in [1.165, 1.54) is 6.92 Å². The van der Waals surface area contributed by atoms with Gasteiger partial charge in [0.15, 0.2) is 11.5 Å². The molecule has 1 rings (SSSR count). The van der Waals surface area contributed by atoms with E-state index in [2.05, 4.69) is 15.4 Å². The summed E-state index contributed by atoms with van der Waals surface area (Å²) in [5, 5.41) is 17.6. The molecule has 1 atom stereocenters. The van der Waals surface area contributed by atoms with Gasteiger partial charge in [0.1, 0.15) is 0 Å². The van der Waals surface area contributed by atoms with E-state index in [4.69, 9.17) is 10.8 Å². The fraction of sp³-hybridized carbons (Fsp3) is 0.400. The first-order valence-electron chi connectivity index (χ1n) is 3.02. The van der Waals surface area contributed by atoms with Crippen LogP contribution in [0.5, 0.6) is 0 Å². The fourth-order valence-corrected chi connectivity index (χ4v) is 0.752. The minimum atomic E-state index is -0.813. The molecule has 6 nitrogen and oxygen atoms in total. The standard InChI is InChI=1S/C5H8N4O2/c1-2(10)3-4(9-11)5(6)8-7-3/h2,10H,1H3,(H3,6,7,8). The van der Waals surface area contributed by atoms with Crippen LogP contribution in [0.4, 0.5) is 11.5 Å². The molecule has 0 radical (unpaired) electrons. The Hall–Kier alpha value is -1.43. The lowest BCUT2D eigenvalue weighted by Crippen LogP contribution is -1.91. The van der Waals surface area contributed by atoms with Crippen LogP contribution in [0.2, 0.25) is 0 Å². The minimum Gasteiger partial charge on any atom is -0.387 e. The van der Waals surface area contributed by atoms with E-state index in [0.29, 0.717) is 0 Å². The Kier molecular flexibility index (Phi) is 1.86. The normalized spacial score (nSPS) is 12.9. The number of nitroso groups, excluding NO2 is 1. The van der Waals surface area contributed by atoms with E-state index >= 15 is 0 Å². The van der Waals surface area contributed by atoms with Crippen LogP contribution < -0.4 is 5.73 Å². The van der Waals surface area contributed by atoms with Crippen molar-refractivity contribution in [1.29, 1.82) is 0 Å². The van der Waals surface area contributed by atoms with Gasteiger partial charge in [0.05, 0.1) is 11.8 Å². The Morgan fingerprint density at radius 2 is 2.45 bits per heavy atom. The quantitative estimate of drug-likeness (QED) is 0.540. The zero-order valence-electron chi connectivity index (χ0n) is 5.90. The Bertz CT molecular complexity index is 267. The number of aromatic nitrogens is 2. The number of rotatable bonds is 2. The second kappa shape index (κ2) is 2.67. The Morgan fingerprint density at radius 3 is 2.82 bits per heavy atom. The molecule has 0 bridgehead atoms. The van der Waals surface area contributed by atoms with Gasteiger partial charge in [0.25, 0.3) is 0 Å². The van der Waals surface area contributed by atoms with Crippen molar-refractivity contribution in [3.8, 4) is 0 Å². The summed E-state index contributed by atoms with van der Waals surface area (Å²) in [4.78, 5) is 10.1. The number of nitrogens with one attached hydrogen (secondary N) is 1. The van der Waals surface area contributed by atoms with Gasteiger partial charge in [0.2, 0.25) is 0 Å². The van der Waals surface area contributed by atoms with Crippen molar-refractivity contribution in [3.63, 3.8) is 0 Å². The third-order valence-corrected chi connectivity index (χ3v) is 1.30. The molecule has 1 aromatic rings. The van der Waals surface area contributed by atoms with Crippen LogP contribution in [-0.4, -0.2) is 15.3 Å². The Balaban J connectivity index is 3.15. The minimum absolute atomic E-state index is 0.0101. The second-order valence-corrected chi connectivity index (χ2v) is 2.14. The van der Waals surface area contributed by atoms with Crippen LogP contribution >= 0.6 is 0 Å². The third-order valence-electron chi connectivity index (χ3n) is 1.30. The molecule has 0 aromatic carbocycles. The summed E-state index contributed by atoms with van der Waals surface area (Å²) < 4.78 is 0. The summed E-state index contributed by atoms with van der Waals surface area (Å²) in [5.74, 6) is 0.0101. The summed E-state index contributed by atoms with van der Waals surface area (Å²) >= 11 is 0. The molecular weight excluding hydrogens is 148 g/mol. The molecule has 6 heteroatoms. The van der Waals surface area contributed by atoms with Crippen molar-refractivity contribution in [2.24, 2.45) is 5.18 Å². The molecule has 0 aliphatic rings. The maximum absolute atomic E-state index is 10.1. The summed E-state index contributed by atoms with van der Waals surface area (Å²) in [6, 6.07) is 0. The third kappa shape index (κ3) is 1.20. The molecule has 60 valence electrons. The summed E-state index contributed by atoms with van der Waals surface area (Å²) in [6.45, 7) is 1.49. The van der Waals surface area contributed by atoms with E-state index < -0.39 is 6.10 Å². The number of nitrogen functional groups attached to an aromatic ring is 1. The first-order chi connectivity index (χ1) is 5.16. The van der Waals surface area contributed by atoms with Gasteiger partial charge in [-0.05, 0) is 12.1 Å². The van der Waals surface area contributed by atoms with Gasteiger partial charge in [-0.2, -0.15) is 5.10 Å². The molecule has 0 spiro atoms. The molecule has 0 aliphatic carbocycles. The van der Waals surface area contributed by atoms with E-state index in [0.717, 1.165) is 0 Å². The van der Waals surface area contributed by atoms with Crippen molar-refractivity contribution in [1.82, 2.24) is 10.2 Å². The second-order valence-electron chi connectivity index (χ2n) is 2.14. The van der Waals surface area contributed by atoms with Crippen molar-refractivity contribution < 1.29 is 5.11 Å². The van der Waals surface area contributed by atoms with Crippen molar-refractivity contribution in [3.05, 3.63) is 10.6 Å². The molecule has 1 aromatic heterocycles. The first kappa shape index (κ1) is 7.67. The van der Waals surface area contributed by atoms with Crippen LogP contribution in [0.15, 0.2) is 5.18 Å². The largest absolute Gasteiger partial charge is 0.387 e. The van der Waals surface area contributed by atoms with Gasteiger partial charge < -0.3 is 10.8 Å². The highest BCUT2D eigenvalue weighted by atomic mass is 16.3. The van der Waals surface area contributed by atoms with Gasteiger partial charge in [-0.1, -0.05) is 0 Å². The zero-order valence-corrected chi connectivity index (χ0v) is 5.90. The number of hydrogen-bond acceptors (Lipinski definition) is 5. The number of hydrogen-bond donors (Lipinski definition) is 3. The maximum atomic E-state index is 10.1. The van der Waals surface area contributed by atoms with Crippen molar-refractivity contribution in [2.75, 3.05) is 5.73 Å². The SMILES string of the molecule is CC(O)c1[nH]nc(N)c1N=O. The molecule has 4 N–H and O–H groups in total. The lowest BCUT2D eigenvalue weighted by atomic mass is 10.2. The highest BCUT2D eigenvalue weighted by Gasteiger charge is 2.14. The monoisotopic (exact) mass is 156 g/mol. The van der Waals surface area contributed by atoms with E-state index in [1.807, 2.05) is 0 Å². The number of H-pyrrole nitrogens is 1. The van der Waals surface area contributed by atoms with Gasteiger partial charge in [-0.15, -0.1) is 4.91 Å². The highest BCUT2D eigenvalue weighted by molar-refractivity contribution is 5.60. The lowest BCUT2D eigenvalue weighted by Gasteiger charge is -1.98. The molecular formula is C5H8N4O2. The predicted octanol–water partition coefficient (Wildman–Crippen LogP) is 0.443. The number of nitrogens with zero attached hydrogens (tertiary/aromatic N) is 2. The number of aromatic amines is 1. The summed E-state index contributed by atoms with van der Waals surface area (Å²) in [7, 11) is 0. The first-order valence-corrected chi connectivity index (χ1v) is 3.02. The average molecular weight is 156 g/mol. The topological polar surface area (TPSA) is 104 Å². The smallest absolute Gasteiger partial charge is 0.175 e. The zero-order chi connectivity index (χ0) is 8.43. The van der Waals surface area contributed by atoms with Gasteiger partial charge in [-0.3, -0.25) is 5.10 Å². The average Bonchev–Trinajstić information content (AvgIpc) is 2.30. The fourth-order valence-electron chi connectivity index (χ4n) is 0.752. The number of anilines is 1. The predicted molar refractivity (Wildman–Crippen MR) is 39.1 cm³/mol. The van der Waals surface area contributed by atoms with Gasteiger partial charge >= 0.3 is 0 Å². The number of aliphatic hydroxyl groups excluding tert-OH is 1. The van der Waals surface area contributed by atoms with Crippen LogP contribution in [0.25, 0.3) is 0 Å². The summed E-state index contributed by atoms with van der Waals surface area (Å²) in [5.41, 5.74) is 5.48. The van der Waals surface area contributed by atoms with Crippen molar-refractivity contribution >= 4 is 11.5 Å². The lowest BCUT2D eigenvalue weighted by molar-refractivity contribution is 0.195. The van der Waals surface area contributed by atoms with Crippen LogP contribution in [-0.2, 0) is 0 Å². The molecule has 1 unspecified atom stereocenters. The Labute approximate surface area is 62.4 Å². The van der Waals surface area contributed by atoms with E-state index in [-0.39, 0.29) is 17.2 Å². The maximum Gasteiger partial charge on any atom is 0.175 e. The van der Waals surface area contributed by atoms with Crippen LogP contribution in [0.1, 0.15) is 18.7 Å². The summed E-state index contributed by atoms with van der Waals surface area (Å²) in [6.07, 6.45) is -0.813. The number of aliphatic hydroxyl groups is 1. The van der Waals surface area contributed by atoms with Crippen molar-refractivity contribution in [2.45, 2.75) is 13.0 Å². The van der Waals surface area contributed by atoms with E-state index in [1.54, 1.807) is 0 Å². The van der Waals surface area contributed by atoms with Gasteiger partial charge in [0, 0.05) is 0 Å². The molecule has 0 aliphatic heterocycles. The molecule has 0 fully saturated rings. The van der Waals surface area contributed by atoms with E-state index in [9.17, 15) is 4.91 Å². The van der Waals surface area contributed by atoms with Crippen LogP contribution in [0, 0.1) is 4.91 Å². The van der Waals surface area contributed by atoms with Gasteiger partial charge in [-0.25, -0.2) is 0 Å². The molecule has 11 heavy (non-hydrogen) atoms. The Morgan fingerprint density at radius 1 is 1.82 bits per heavy atom. The molecule has 0 saturated heterocycles. The van der Waals surface area contributed by atoms with Crippen LogP contribution in [0.3, 0.4) is 0 Å². The molecule has 0 saturated carbocycles.